The van der Waals surface area contributed by atoms with Gasteiger partial charge in [-0.25, -0.2) is 0 Å². The van der Waals surface area contributed by atoms with E-state index in [2.05, 4.69) is 17.2 Å². The molecule has 4 heteroatoms. The third-order valence-electron chi connectivity index (χ3n) is 4.43. The molecule has 3 aromatic rings. The van der Waals surface area contributed by atoms with Crippen LogP contribution in [0.1, 0.15) is 32.7 Å². The van der Waals surface area contributed by atoms with Crippen molar-refractivity contribution in [3.63, 3.8) is 0 Å². The summed E-state index contributed by atoms with van der Waals surface area (Å²) in [5.41, 5.74) is 6.22. The number of H-pyrrole nitrogens is 1. The van der Waals surface area contributed by atoms with Crippen LogP contribution in [-0.2, 0) is 17.9 Å². The summed E-state index contributed by atoms with van der Waals surface area (Å²) in [4.78, 5) is 15.8. The van der Waals surface area contributed by atoms with Gasteiger partial charge in [0, 0.05) is 35.8 Å². The van der Waals surface area contributed by atoms with Gasteiger partial charge in [-0.2, -0.15) is 0 Å². The summed E-state index contributed by atoms with van der Waals surface area (Å²) in [7, 11) is 1.67. The van der Waals surface area contributed by atoms with Crippen molar-refractivity contribution in [2.75, 3.05) is 7.11 Å². The molecule has 4 nitrogen and oxygen atoms in total. The quantitative estimate of drug-likeness (QED) is 0.749. The molecule has 0 bridgehead atoms. The Morgan fingerprint density at radius 1 is 1.12 bits per heavy atom. The molecule has 1 amide bonds. The van der Waals surface area contributed by atoms with E-state index >= 15 is 0 Å². The largest absolute Gasteiger partial charge is 0.380 e. The SMILES string of the molecule is COCc1ccccc1CNC(=O)c1ccc2[nH]c(C)c(C)c2c1. The average Bonchev–Trinajstić information content (AvgIpc) is 2.88. The lowest BCUT2D eigenvalue weighted by atomic mass is 10.1. The van der Waals surface area contributed by atoms with Crippen LogP contribution in [0.3, 0.4) is 0 Å². The lowest BCUT2D eigenvalue weighted by Gasteiger charge is -2.10. The van der Waals surface area contributed by atoms with Gasteiger partial charge in [-0.05, 0) is 48.7 Å². The minimum atomic E-state index is -0.0672. The van der Waals surface area contributed by atoms with Crippen molar-refractivity contribution in [1.29, 1.82) is 0 Å². The van der Waals surface area contributed by atoms with E-state index in [1.807, 2.05) is 49.4 Å². The maximum Gasteiger partial charge on any atom is 0.251 e. The molecule has 0 saturated heterocycles. The van der Waals surface area contributed by atoms with Crippen molar-refractivity contribution < 1.29 is 9.53 Å². The number of aromatic nitrogens is 1. The van der Waals surface area contributed by atoms with E-state index in [4.69, 9.17) is 4.74 Å². The van der Waals surface area contributed by atoms with E-state index in [1.165, 1.54) is 5.56 Å². The molecule has 0 radical (unpaired) electrons. The zero-order chi connectivity index (χ0) is 17.1. The van der Waals surface area contributed by atoms with Gasteiger partial charge in [0.15, 0.2) is 0 Å². The Bertz CT molecular complexity index is 880. The Morgan fingerprint density at radius 3 is 2.62 bits per heavy atom. The summed E-state index contributed by atoms with van der Waals surface area (Å²) in [6.07, 6.45) is 0. The van der Waals surface area contributed by atoms with Crippen LogP contribution >= 0.6 is 0 Å². The highest BCUT2D eigenvalue weighted by Gasteiger charge is 2.10. The zero-order valence-electron chi connectivity index (χ0n) is 14.3. The summed E-state index contributed by atoms with van der Waals surface area (Å²) in [5, 5.41) is 4.10. The van der Waals surface area contributed by atoms with Crippen molar-refractivity contribution >= 4 is 16.8 Å². The van der Waals surface area contributed by atoms with Crippen LogP contribution < -0.4 is 5.32 Å². The van der Waals surface area contributed by atoms with E-state index in [-0.39, 0.29) is 5.91 Å². The predicted molar refractivity (Wildman–Crippen MR) is 96.1 cm³/mol. The van der Waals surface area contributed by atoms with E-state index in [0.29, 0.717) is 18.7 Å². The number of aromatic amines is 1. The Morgan fingerprint density at radius 2 is 1.88 bits per heavy atom. The van der Waals surface area contributed by atoms with Gasteiger partial charge in [0.25, 0.3) is 5.91 Å². The standard InChI is InChI=1S/C20H22N2O2/c1-13-14(2)22-19-9-8-15(10-18(13)19)20(23)21-11-16-6-4-5-7-17(16)12-24-3/h4-10,22H,11-12H2,1-3H3,(H,21,23). The Labute approximate surface area is 141 Å². The third-order valence-corrected chi connectivity index (χ3v) is 4.43. The minimum Gasteiger partial charge on any atom is -0.380 e. The topological polar surface area (TPSA) is 54.1 Å². The number of nitrogens with one attached hydrogen (secondary N) is 2. The summed E-state index contributed by atoms with van der Waals surface area (Å²) in [6.45, 7) is 5.14. The van der Waals surface area contributed by atoms with Gasteiger partial charge in [0.05, 0.1) is 6.61 Å². The number of methoxy groups -OCH3 is 1. The summed E-state index contributed by atoms with van der Waals surface area (Å²) < 4.78 is 5.21. The van der Waals surface area contributed by atoms with Crippen molar-refractivity contribution in [3.8, 4) is 0 Å². The van der Waals surface area contributed by atoms with Crippen LogP contribution in [0.4, 0.5) is 0 Å². The fourth-order valence-electron chi connectivity index (χ4n) is 2.91. The van der Waals surface area contributed by atoms with Gasteiger partial charge in [0.2, 0.25) is 0 Å². The Balaban J connectivity index is 1.77. The lowest BCUT2D eigenvalue weighted by molar-refractivity contribution is 0.0950. The number of aryl methyl sites for hydroxylation is 2. The van der Waals surface area contributed by atoms with Crippen molar-refractivity contribution in [2.45, 2.75) is 27.0 Å². The summed E-state index contributed by atoms with van der Waals surface area (Å²) in [5.74, 6) is -0.0672. The van der Waals surface area contributed by atoms with E-state index in [1.54, 1.807) is 7.11 Å². The number of hydrogen-bond donors (Lipinski definition) is 2. The molecule has 0 aliphatic rings. The second-order valence-electron chi connectivity index (χ2n) is 6.02. The number of fused-ring (bicyclic) bond motifs is 1. The second kappa shape index (κ2) is 6.89. The van der Waals surface area contributed by atoms with Crippen molar-refractivity contribution in [3.05, 3.63) is 70.4 Å². The fourth-order valence-corrected chi connectivity index (χ4v) is 2.91. The lowest BCUT2D eigenvalue weighted by Crippen LogP contribution is -2.23. The number of hydrogen-bond acceptors (Lipinski definition) is 2. The molecule has 0 atom stereocenters. The Kier molecular flexibility index (Phi) is 4.67. The molecule has 0 aliphatic carbocycles. The molecule has 124 valence electrons. The first-order valence-corrected chi connectivity index (χ1v) is 8.03. The molecule has 3 rings (SSSR count). The molecule has 0 aliphatic heterocycles. The highest BCUT2D eigenvalue weighted by atomic mass is 16.5. The Hall–Kier alpha value is -2.59. The van der Waals surface area contributed by atoms with Crippen molar-refractivity contribution in [1.82, 2.24) is 10.3 Å². The van der Waals surface area contributed by atoms with Crippen LogP contribution in [0.15, 0.2) is 42.5 Å². The molecule has 1 heterocycles. The van der Waals surface area contributed by atoms with Crippen LogP contribution in [0, 0.1) is 13.8 Å². The van der Waals surface area contributed by atoms with E-state index < -0.39 is 0 Å². The molecule has 0 saturated carbocycles. The number of carbonyl (C=O) groups excluding carboxylic acids is 1. The number of ether oxygens (including phenoxy) is 1. The maximum atomic E-state index is 12.5. The molecule has 0 spiro atoms. The summed E-state index contributed by atoms with van der Waals surface area (Å²) >= 11 is 0. The molecular weight excluding hydrogens is 300 g/mol. The highest BCUT2D eigenvalue weighted by Crippen LogP contribution is 2.22. The van der Waals surface area contributed by atoms with Crippen LogP contribution in [0.25, 0.3) is 10.9 Å². The maximum absolute atomic E-state index is 12.5. The molecule has 2 aromatic carbocycles. The monoisotopic (exact) mass is 322 g/mol. The zero-order valence-corrected chi connectivity index (χ0v) is 14.3. The van der Waals surface area contributed by atoms with Gasteiger partial charge in [0.1, 0.15) is 0 Å². The first-order chi connectivity index (χ1) is 11.6. The first kappa shape index (κ1) is 16.3. The second-order valence-corrected chi connectivity index (χ2v) is 6.02. The van der Waals surface area contributed by atoms with Gasteiger partial charge >= 0.3 is 0 Å². The van der Waals surface area contributed by atoms with Crippen molar-refractivity contribution in [2.24, 2.45) is 0 Å². The van der Waals surface area contributed by atoms with Gasteiger partial charge in [-0.15, -0.1) is 0 Å². The number of benzene rings is 2. The number of rotatable bonds is 5. The van der Waals surface area contributed by atoms with Crippen LogP contribution in [0.5, 0.6) is 0 Å². The summed E-state index contributed by atoms with van der Waals surface area (Å²) in [6, 6.07) is 13.7. The molecule has 0 fully saturated rings. The predicted octanol–water partition coefficient (Wildman–Crippen LogP) is 3.86. The highest BCUT2D eigenvalue weighted by molar-refractivity contribution is 5.99. The average molecular weight is 322 g/mol. The van der Waals surface area contributed by atoms with Gasteiger partial charge in [-0.1, -0.05) is 24.3 Å². The third kappa shape index (κ3) is 3.19. The first-order valence-electron chi connectivity index (χ1n) is 8.03. The van der Waals surface area contributed by atoms with Crippen LogP contribution in [-0.4, -0.2) is 18.0 Å². The van der Waals surface area contributed by atoms with Gasteiger partial charge < -0.3 is 15.0 Å². The molecule has 0 unspecified atom stereocenters. The van der Waals surface area contributed by atoms with Crippen LogP contribution in [0.2, 0.25) is 0 Å². The smallest absolute Gasteiger partial charge is 0.251 e. The fraction of sp³-hybridized carbons (Fsp3) is 0.250. The number of amides is 1. The minimum absolute atomic E-state index is 0.0672. The van der Waals surface area contributed by atoms with Gasteiger partial charge in [-0.3, -0.25) is 4.79 Å². The molecule has 1 aromatic heterocycles. The number of carbonyl (C=O) groups is 1. The van der Waals surface area contributed by atoms with E-state index in [0.717, 1.165) is 27.7 Å². The normalized spacial score (nSPS) is 11.0. The van der Waals surface area contributed by atoms with E-state index in [9.17, 15) is 4.79 Å². The molecule has 2 N–H and O–H groups in total. The molecular formula is C20H22N2O2. The molecule has 24 heavy (non-hydrogen) atoms.